The van der Waals surface area contributed by atoms with Crippen LogP contribution in [0.25, 0.3) is 0 Å². The highest BCUT2D eigenvalue weighted by molar-refractivity contribution is 7.97. The summed E-state index contributed by atoms with van der Waals surface area (Å²) in [6, 6.07) is 12.4. The fraction of sp³-hybridized carbons (Fsp3) is 0. The van der Waals surface area contributed by atoms with Gasteiger partial charge in [0, 0.05) is 11.4 Å². The van der Waals surface area contributed by atoms with Crippen molar-refractivity contribution in [1.82, 2.24) is 0 Å². The van der Waals surface area contributed by atoms with Gasteiger partial charge in [0.15, 0.2) is 0 Å². The molecule has 0 bridgehead atoms. The summed E-state index contributed by atoms with van der Waals surface area (Å²) in [5.74, 6) is 0. The number of hydrogen-bond acceptors (Lipinski definition) is 7. The van der Waals surface area contributed by atoms with E-state index >= 15 is 0 Å². The topological polar surface area (TPSA) is 136 Å². The molecule has 2 aromatic carbocycles. The van der Waals surface area contributed by atoms with E-state index in [1.165, 1.54) is 12.1 Å². The van der Waals surface area contributed by atoms with Crippen LogP contribution in [-0.2, 0) is 24.1 Å². The molecule has 4 N–H and O–H groups in total. The molecule has 22 heavy (non-hydrogen) atoms. The summed E-state index contributed by atoms with van der Waals surface area (Å²) in [5, 5.41) is 2.80. The van der Waals surface area contributed by atoms with Gasteiger partial charge in [-0.25, -0.2) is 0 Å². The molecule has 0 radical (unpaired) electrons. The third-order valence-electron chi connectivity index (χ3n) is 2.50. The highest BCUT2D eigenvalue weighted by Crippen LogP contribution is 2.29. The van der Waals surface area contributed by atoms with Gasteiger partial charge < -0.3 is 11.1 Å². The van der Waals surface area contributed by atoms with E-state index in [0.717, 1.165) is 6.07 Å². The molecule has 10 heteroatoms. The first kappa shape index (κ1) is 16.2. The van der Waals surface area contributed by atoms with Gasteiger partial charge in [-0.3, -0.25) is 4.55 Å². The van der Waals surface area contributed by atoms with Crippen LogP contribution in [-0.4, -0.2) is 21.4 Å². The summed E-state index contributed by atoms with van der Waals surface area (Å²) in [4.78, 5) is -0.519. The number of para-hydroxylation sites is 1. The molecule has 0 aromatic heterocycles. The largest absolute Gasteiger partial charge is 0.412 e. The minimum atomic E-state index is -5.19. The molecular formula is C12H12N2O6S2. The summed E-state index contributed by atoms with van der Waals surface area (Å²) in [7, 11) is -9.96. The normalized spacial score (nSPS) is 12.0. The second kappa shape index (κ2) is 5.93. The van der Waals surface area contributed by atoms with E-state index in [0.29, 0.717) is 5.69 Å². The van der Waals surface area contributed by atoms with Crippen LogP contribution in [0.5, 0.6) is 0 Å². The van der Waals surface area contributed by atoms with Crippen molar-refractivity contribution in [2.24, 2.45) is 0 Å². The van der Waals surface area contributed by atoms with Gasteiger partial charge in [0.05, 0.1) is 5.69 Å². The van der Waals surface area contributed by atoms with E-state index in [2.05, 4.69) is 8.95 Å². The van der Waals surface area contributed by atoms with Crippen LogP contribution in [0, 0.1) is 0 Å². The van der Waals surface area contributed by atoms with Gasteiger partial charge in [-0.1, -0.05) is 18.2 Å². The maximum absolute atomic E-state index is 12.0. The summed E-state index contributed by atoms with van der Waals surface area (Å²) in [5.41, 5.74) is 6.21. The standard InChI is InChI=1S/C12H12N2O6S2/c13-9-6-7-11(14-10-4-2-1-3-5-10)12(8-9)21(15,16)20-22(17,18)19/h1-8,14H,13H2,(H,17,18,19). The molecule has 0 saturated heterocycles. The van der Waals surface area contributed by atoms with E-state index in [4.69, 9.17) is 10.3 Å². The first-order valence-corrected chi connectivity index (χ1v) is 8.60. The quantitative estimate of drug-likeness (QED) is 0.548. The Bertz CT molecular complexity index is 879. The molecule has 0 spiro atoms. The third kappa shape index (κ3) is 4.18. The van der Waals surface area contributed by atoms with E-state index in [-0.39, 0.29) is 11.4 Å². The Morgan fingerprint density at radius 2 is 1.64 bits per heavy atom. The van der Waals surface area contributed by atoms with Crippen molar-refractivity contribution in [3.05, 3.63) is 48.5 Å². The molecule has 0 aliphatic rings. The zero-order chi connectivity index (χ0) is 16.4. The molecule has 0 amide bonds. The van der Waals surface area contributed by atoms with Crippen molar-refractivity contribution in [2.75, 3.05) is 11.1 Å². The Hall–Kier alpha value is -2.14. The zero-order valence-electron chi connectivity index (χ0n) is 11.0. The number of rotatable bonds is 5. The second-order valence-electron chi connectivity index (χ2n) is 4.20. The summed E-state index contributed by atoms with van der Waals surface area (Å²) >= 11 is 0. The minimum absolute atomic E-state index is 0.0454. The van der Waals surface area contributed by atoms with Gasteiger partial charge in [-0.05, 0) is 30.3 Å². The van der Waals surface area contributed by atoms with E-state index < -0.39 is 25.4 Å². The Kier molecular flexibility index (Phi) is 4.37. The van der Waals surface area contributed by atoms with Crippen molar-refractivity contribution < 1.29 is 25.0 Å². The van der Waals surface area contributed by atoms with Gasteiger partial charge in [0.25, 0.3) is 0 Å². The van der Waals surface area contributed by atoms with Crippen LogP contribution >= 0.6 is 0 Å². The van der Waals surface area contributed by atoms with Crippen LogP contribution in [0.3, 0.4) is 0 Å². The Labute approximate surface area is 127 Å². The minimum Gasteiger partial charge on any atom is -0.399 e. The predicted molar refractivity (Wildman–Crippen MR) is 80.4 cm³/mol. The summed E-state index contributed by atoms with van der Waals surface area (Å²) in [6.45, 7) is 0. The molecule has 0 unspecified atom stereocenters. The zero-order valence-corrected chi connectivity index (χ0v) is 12.6. The summed E-state index contributed by atoms with van der Waals surface area (Å²) < 4.78 is 57.6. The van der Waals surface area contributed by atoms with E-state index in [9.17, 15) is 16.8 Å². The van der Waals surface area contributed by atoms with Gasteiger partial charge in [-0.2, -0.15) is 16.8 Å². The van der Waals surface area contributed by atoms with Crippen LogP contribution in [0.2, 0.25) is 0 Å². The van der Waals surface area contributed by atoms with Gasteiger partial charge >= 0.3 is 20.5 Å². The molecule has 8 nitrogen and oxygen atoms in total. The first-order valence-electron chi connectivity index (χ1n) is 5.82. The molecule has 0 aliphatic heterocycles. The fourth-order valence-electron chi connectivity index (χ4n) is 1.68. The lowest BCUT2D eigenvalue weighted by Crippen LogP contribution is -2.14. The lowest BCUT2D eigenvalue weighted by atomic mass is 10.2. The molecule has 0 atom stereocenters. The number of anilines is 3. The van der Waals surface area contributed by atoms with E-state index in [1.807, 2.05) is 0 Å². The Balaban J connectivity index is 2.49. The molecule has 0 fully saturated rings. The number of benzene rings is 2. The fourth-order valence-corrected chi connectivity index (χ4v) is 3.54. The Morgan fingerprint density at radius 1 is 1.00 bits per heavy atom. The van der Waals surface area contributed by atoms with Crippen molar-refractivity contribution in [2.45, 2.75) is 4.90 Å². The lowest BCUT2D eigenvalue weighted by Gasteiger charge is -2.12. The number of nitrogen functional groups attached to an aromatic ring is 1. The molecular weight excluding hydrogens is 332 g/mol. The highest BCUT2D eigenvalue weighted by Gasteiger charge is 2.26. The average molecular weight is 344 g/mol. The predicted octanol–water partition coefficient (Wildman–Crippen LogP) is 1.52. The molecule has 0 saturated carbocycles. The monoisotopic (exact) mass is 344 g/mol. The molecule has 0 heterocycles. The molecule has 2 rings (SSSR count). The van der Waals surface area contributed by atoms with Crippen LogP contribution in [0.15, 0.2) is 53.4 Å². The third-order valence-corrected chi connectivity index (χ3v) is 4.78. The van der Waals surface area contributed by atoms with Crippen LogP contribution < -0.4 is 11.1 Å². The smallest absolute Gasteiger partial charge is 0.399 e. The van der Waals surface area contributed by atoms with Gasteiger partial charge in [-0.15, -0.1) is 3.63 Å². The van der Waals surface area contributed by atoms with Crippen molar-refractivity contribution in [3.8, 4) is 0 Å². The van der Waals surface area contributed by atoms with E-state index in [1.54, 1.807) is 30.3 Å². The molecule has 2 aromatic rings. The molecule has 0 aliphatic carbocycles. The number of nitrogens with two attached hydrogens (primary N) is 1. The van der Waals surface area contributed by atoms with Crippen molar-refractivity contribution in [3.63, 3.8) is 0 Å². The van der Waals surface area contributed by atoms with Crippen molar-refractivity contribution >= 4 is 37.6 Å². The van der Waals surface area contributed by atoms with Gasteiger partial charge in [0.1, 0.15) is 4.90 Å². The maximum Gasteiger partial charge on any atom is 0.412 e. The van der Waals surface area contributed by atoms with Gasteiger partial charge in [0.2, 0.25) is 0 Å². The molecule has 118 valence electrons. The first-order chi connectivity index (χ1) is 10.2. The SMILES string of the molecule is Nc1ccc(Nc2ccccc2)c(S(=O)(=O)OS(=O)(=O)O)c1. The van der Waals surface area contributed by atoms with Crippen molar-refractivity contribution in [1.29, 1.82) is 0 Å². The average Bonchev–Trinajstić information content (AvgIpc) is 2.39. The maximum atomic E-state index is 12.0. The van der Waals surface area contributed by atoms with Crippen LogP contribution in [0.4, 0.5) is 17.1 Å². The van der Waals surface area contributed by atoms with Crippen LogP contribution in [0.1, 0.15) is 0 Å². The number of hydrogen-bond donors (Lipinski definition) is 3. The number of nitrogens with one attached hydrogen (secondary N) is 1. The lowest BCUT2D eigenvalue weighted by molar-refractivity contribution is 0.384. The Morgan fingerprint density at radius 3 is 2.23 bits per heavy atom. The highest BCUT2D eigenvalue weighted by atomic mass is 32.3. The second-order valence-corrected chi connectivity index (χ2v) is 6.94. The summed E-state index contributed by atoms with van der Waals surface area (Å²) in [6.07, 6.45) is 0.